The van der Waals surface area contributed by atoms with Crippen molar-refractivity contribution < 1.29 is 14.3 Å². The van der Waals surface area contributed by atoms with Gasteiger partial charge in [-0.25, -0.2) is 4.98 Å². The number of Topliss-reactive ketones (excluding diaryl/α,β-unsaturated/α-hetero) is 2. The Morgan fingerprint density at radius 2 is 1.96 bits per heavy atom. The number of carbonyl (C=O) groups is 2. The zero-order valence-electron chi connectivity index (χ0n) is 14.5. The maximum Gasteiger partial charge on any atom is 0.201 e. The number of carbonyl (C=O) groups excluding carboxylic acids is 2. The van der Waals surface area contributed by atoms with Crippen molar-refractivity contribution in [1.29, 1.82) is 0 Å². The molecule has 0 unspecified atom stereocenters. The molecule has 1 aliphatic rings. The van der Waals surface area contributed by atoms with E-state index in [1.165, 1.54) is 6.92 Å². The average molecular weight is 328 g/mol. The molecule has 0 spiro atoms. The Morgan fingerprint density at radius 1 is 1.25 bits per heavy atom. The third kappa shape index (κ3) is 3.21. The van der Waals surface area contributed by atoms with Crippen LogP contribution in [0, 0.1) is 11.8 Å². The number of methoxy groups -OCH3 is 1. The summed E-state index contributed by atoms with van der Waals surface area (Å²) in [7, 11) is 1.60. The van der Waals surface area contributed by atoms with E-state index in [4.69, 9.17) is 4.74 Å². The summed E-state index contributed by atoms with van der Waals surface area (Å²) in [6.45, 7) is 3.92. The Kier molecular flexibility index (Phi) is 4.69. The molecule has 0 amide bonds. The van der Waals surface area contributed by atoms with Crippen LogP contribution in [0.25, 0.3) is 11.0 Å². The summed E-state index contributed by atoms with van der Waals surface area (Å²) in [6.07, 6.45) is 3.98. The van der Waals surface area contributed by atoms with E-state index in [0.717, 1.165) is 36.7 Å². The number of rotatable bonds is 5. The first-order chi connectivity index (χ1) is 11.5. The Bertz CT molecular complexity index is 770. The lowest BCUT2D eigenvalue weighted by Gasteiger charge is -2.24. The molecule has 0 N–H and O–H groups in total. The maximum atomic E-state index is 13.0. The highest BCUT2D eigenvalue weighted by molar-refractivity contribution is 5.99. The summed E-state index contributed by atoms with van der Waals surface area (Å²) in [5, 5.41) is 0. The average Bonchev–Trinajstić information content (AvgIpc) is 2.92. The largest absolute Gasteiger partial charge is 0.497 e. The van der Waals surface area contributed by atoms with Crippen LogP contribution in [0.15, 0.2) is 18.2 Å². The number of fused-ring (bicyclic) bond motifs is 1. The van der Waals surface area contributed by atoms with Crippen LogP contribution in [0.5, 0.6) is 5.75 Å². The second-order valence-electron chi connectivity index (χ2n) is 6.90. The van der Waals surface area contributed by atoms with Gasteiger partial charge in [0, 0.05) is 12.0 Å². The van der Waals surface area contributed by atoms with E-state index in [1.54, 1.807) is 11.7 Å². The van der Waals surface area contributed by atoms with E-state index in [1.807, 2.05) is 18.2 Å². The molecule has 3 rings (SSSR count). The monoisotopic (exact) mass is 328 g/mol. The van der Waals surface area contributed by atoms with Gasteiger partial charge in [0.15, 0.2) is 5.82 Å². The normalized spacial score (nSPS) is 21.0. The van der Waals surface area contributed by atoms with Crippen molar-refractivity contribution in [3.05, 3.63) is 24.0 Å². The van der Waals surface area contributed by atoms with Crippen molar-refractivity contribution in [2.24, 2.45) is 11.8 Å². The molecule has 1 heterocycles. The molecule has 5 heteroatoms. The molecule has 1 aromatic carbocycles. The molecule has 1 saturated carbocycles. The lowest BCUT2D eigenvalue weighted by Crippen LogP contribution is -2.24. The number of benzene rings is 1. The molecule has 0 radical (unpaired) electrons. The van der Waals surface area contributed by atoms with E-state index in [9.17, 15) is 9.59 Å². The minimum atomic E-state index is 0.00318. The van der Waals surface area contributed by atoms with Gasteiger partial charge in [0.1, 0.15) is 11.5 Å². The van der Waals surface area contributed by atoms with Crippen molar-refractivity contribution in [1.82, 2.24) is 9.55 Å². The van der Waals surface area contributed by atoms with Crippen LogP contribution < -0.4 is 4.74 Å². The highest BCUT2D eigenvalue weighted by Gasteiger charge is 2.29. The van der Waals surface area contributed by atoms with Gasteiger partial charge in [-0.05, 0) is 37.8 Å². The van der Waals surface area contributed by atoms with E-state index in [-0.39, 0.29) is 24.0 Å². The third-order valence-corrected chi connectivity index (χ3v) is 4.94. The first kappa shape index (κ1) is 16.7. The fraction of sp³-hybridized carbons (Fsp3) is 0.526. The molecule has 0 aliphatic heterocycles. The predicted molar refractivity (Wildman–Crippen MR) is 92.4 cm³/mol. The van der Waals surface area contributed by atoms with Crippen molar-refractivity contribution in [3.8, 4) is 5.75 Å². The maximum absolute atomic E-state index is 13.0. The summed E-state index contributed by atoms with van der Waals surface area (Å²) in [5.74, 6) is 1.88. The van der Waals surface area contributed by atoms with Gasteiger partial charge in [-0.15, -0.1) is 0 Å². The molecule has 5 nitrogen and oxygen atoms in total. The Morgan fingerprint density at radius 3 is 2.58 bits per heavy atom. The number of imidazole rings is 1. The van der Waals surface area contributed by atoms with E-state index in [0.29, 0.717) is 17.5 Å². The van der Waals surface area contributed by atoms with Crippen LogP contribution in [-0.2, 0) is 11.3 Å². The zero-order chi connectivity index (χ0) is 17.3. The van der Waals surface area contributed by atoms with E-state index >= 15 is 0 Å². The first-order valence-corrected chi connectivity index (χ1v) is 8.57. The van der Waals surface area contributed by atoms with Crippen LogP contribution in [0.3, 0.4) is 0 Å². The summed E-state index contributed by atoms with van der Waals surface area (Å²) >= 11 is 0. The van der Waals surface area contributed by atoms with E-state index < -0.39 is 0 Å². The van der Waals surface area contributed by atoms with Crippen molar-refractivity contribution in [2.75, 3.05) is 7.11 Å². The fourth-order valence-electron chi connectivity index (χ4n) is 3.51. The van der Waals surface area contributed by atoms with Gasteiger partial charge in [-0.2, -0.15) is 0 Å². The molecule has 2 aromatic rings. The quantitative estimate of drug-likeness (QED) is 0.786. The topological polar surface area (TPSA) is 61.2 Å². The Hall–Kier alpha value is -2.17. The highest BCUT2D eigenvalue weighted by Crippen LogP contribution is 2.31. The number of hydrogen-bond donors (Lipinski definition) is 0. The predicted octanol–water partition coefficient (Wildman–Crippen LogP) is 3.64. The summed E-state index contributed by atoms with van der Waals surface area (Å²) < 4.78 is 7.02. The van der Waals surface area contributed by atoms with Crippen molar-refractivity contribution in [3.63, 3.8) is 0 Å². The van der Waals surface area contributed by atoms with Gasteiger partial charge in [0.05, 0.1) is 24.7 Å². The molecule has 128 valence electrons. The van der Waals surface area contributed by atoms with Gasteiger partial charge in [-0.3, -0.25) is 9.59 Å². The number of ether oxygens (including phenoxy) is 1. The first-order valence-electron chi connectivity index (χ1n) is 8.57. The lowest BCUT2D eigenvalue weighted by atomic mass is 9.81. The van der Waals surface area contributed by atoms with Crippen molar-refractivity contribution >= 4 is 22.6 Å². The zero-order valence-corrected chi connectivity index (χ0v) is 14.5. The van der Waals surface area contributed by atoms with Gasteiger partial charge in [-0.1, -0.05) is 19.8 Å². The minimum Gasteiger partial charge on any atom is -0.497 e. The fourth-order valence-corrected chi connectivity index (χ4v) is 3.51. The molecule has 1 aromatic heterocycles. The van der Waals surface area contributed by atoms with Gasteiger partial charge >= 0.3 is 0 Å². The molecule has 0 bridgehead atoms. The number of nitrogens with zero attached hydrogens (tertiary/aromatic N) is 2. The molecule has 1 fully saturated rings. The van der Waals surface area contributed by atoms with Crippen LogP contribution in [0.4, 0.5) is 0 Å². The van der Waals surface area contributed by atoms with E-state index in [2.05, 4.69) is 11.9 Å². The smallest absolute Gasteiger partial charge is 0.201 e. The number of hydrogen-bond acceptors (Lipinski definition) is 4. The minimum absolute atomic E-state index is 0.00318. The van der Waals surface area contributed by atoms with Gasteiger partial charge in [0.2, 0.25) is 5.78 Å². The number of aromatic nitrogens is 2. The van der Waals surface area contributed by atoms with Crippen molar-refractivity contribution in [2.45, 2.75) is 46.1 Å². The summed E-state index contributed by atoms with van der Waals surface area (Å²) in [5.41, 5.74) is 1.50. The van der Waals surface area contributed by atoms with Crippen LogP contribution in [-0.4, -0.2) is 28.2 Å². The molecular formula is C19H24N2O3. The molecular weight excluding hydrogens is 304 g/mol. The second kappa shape index (κ2) is 6.75. The van der Waals surface area contributed by atoms with Crippen LogP contribution >= 0.6 is 0 Å². The van der Waals surface area contributed by atoms with Gasteiger partial charge in [0.25, 0.3) is 0 Å². The Labute approximate surface area is 142 Å². The number of ketones is 2. The molecule has 0 atom stereocenters. The standard InChI is InChI=1S/C19H24N2O3/c1-12-4-6-14(7-5-12)18(23)19-20-16-9-8-15(24-3)10-17(16)21(19)11-13(2)22/h8-10,12,14H,4-7,11H2,1-3H3. The Balaban J connectivity index is 2.02. The summed E-state index contributed by atoms with van der Waals surface area (Å²) in [6, 6.07) is 5.50. The van der Waals surface area contributed by atoms with Crippen LogP contribution in [0.2, 0.25) is 0 Å². The molecule has 0 saturated heterocycles. The molecule has 1 aliphatic carbocycles. The van der Waals surface area contributed by atoms with Gasteiger partial charge < -0.3 is 9.30 Å². The van der Waals surface area contributed by atoms with Crippen LogP contribution in [0.1, 0.15) is 50.1 Å². The third-order valence-electron chi connectivity index (χ3n) is 4.94. The lowest BCUT2D eigenvalue weighted by molar-refractivity contribution is -0.117. The summed E-state index contributed by atoms with van der Waals surface area (Å²) in [4.78, 5) is 29.3. The highest BCUT2D eigenvalue weighted by atomic mass is 16.5. The SMILES string of the molecule is COc1ccc2nc(C(=O)C3CCC(C)CC3)n(CC(C)=O)c2c1. The second-order valence-corrected chi connectivity index (χ2v) is 6.90. The molecule has 24 heavy (non-hydrogen) atoms.